The fourth-order valence-electron chi connectivity index (χ4n) is 1.89. The Kier molecular flexibility index (Phi) is 5.64. The lowest BCUT2D eigenvalue weighted by Gasteiger charge is -2.08. The molecule has 21 heavy (non-hydrogen) atoms. The maximum absolute atomic E-state index is 11.9. The lowest BCUT2D eigenvalue weighted by Crippen LogP contribution is -2.28. The van der Waals surface area contributed by atoms with Crippen LogP contribution in [0.3, 0.4) is 0 Å². The Morgan fingerprint density at radius 3 is 2.62 bits per heavy atom. The highest BCUT2D eigenvalue weighted by Crippen LogP contribution is 2.11. The standard InChI is InChI=1S/C17H18ClNO2/c1-13-3-2-4-16(11-13)21-10-9-19-17(20)15-7-5-14(12-18)6-8-15/h2-8,11H,9-10,12H2,1H3,(H,19,20). The summed E-state index contributed by atoms with van der Waals surface area (Å²) in [6.45, 7) is 2.91. The average Bonchev–Trinajstić information content (AvgIpc) is 2.51. The van der Waals surface area contributed by atoms with Crippen LogP contribution in [0, 0.1) is 6.92 Å². The van der Waals surface area contributed by atoms with Gasteiger partial charge >= 0.3 is 0 Å². The molecule has 0 unspecified atom stereocenters. The molecule has 2 aromatic carbocycles. The summed E-state index contributed by atoms with van der Waals surface area (Å²) in [5, 5.41) is 2.82. The number of ether oxygens (including phenoxy) is 1. The third-order valence-electron chi connectivity index (χ3n) is 3.02. The molecule has 2 aromatic rings. The number of carbonyl (C=O) groups excluding carboxylic acids is 1. The normalized spacial score (nSPS) is 10.2. The zero-order valence-corrected chi connectivity index (χ0v) is 12.7. The number of halogens is 1. The van der Waals surface area contributed by atoms with E-state index in [0.29, 0.717) is 24.6 Å². The molecular formula is C17H18ClNO2. The summed E-state index contributed by atoms with van der Waals surface area (Å²) >= 11 is 5.71. The van der Waals surface area contributed by atoms with Crippen molar-refractivity contribution < 1.29 is 9.53 Å². The lowest BCUT2D eigenvalue weighted by atomic mass is 10.1. The number of hydrogen-bond acceptors (Lipinski definition) is 2. The number of benzene rings is 2. The molecule has 4 heteroatoms. The van der Waals surface area contributed by atoms with Crippen molar-refractivity contribution in [2.24, 2.45) is 0 Å². The first-order valence-corrected chi connectivity index (χ1v) is 7.35. The van der Waals surface area contributed by atoms with Crippen LogP contribution in [0.4, 0.5) is 0 Å². The molecule has 0 aromatic heterocycles. The van der Waals surface area contributed by atoms with Crippen LogP contribution in [0.5, 0.6) is 5.75 Å². The molecule has 0 aliphatic carbocycles. The maximum Gasteiger partial charge on any atom is 0.251 e. The van der Waals surface area contributed by atoms with E-state index in [9.17, 15) is 4.79 Å². The van der Waals surface area contributed by atoms with Gasteiger partial charge in [-0.05, 0) is 42.3 Å². The summed E-state index contributed by atoms with van der Waals surface area (Å²) in [5.41, 5.74) is 2.77. The Labute approximate surface area is 129 Å². The van der Waals surface area contributed by atoms with Crippen molar-refractivity contribution in [3.63, 3.8) is 0 Å². The number of nitrogens with one attached hydrogen (secondary N) is 1. The lowest BCUT2D eigenvalue weighted by molar-refractivity contribution is 0.0947. The molecule has 110 valence electrons. The van der Waals surface area contributed by atoms with Crippen LogP contribution >= 0.6 is 11.6 Å². The molecule has 1 N–H and O–H groups in total. The summed E-state index contributed by atoms with van der Waals surface area (Å²) < 4.78 is 5.58. The largest absolute Gasteiger partial charge is 0.492 e. The van der Waals surface area contributed by atoms with Gasteiger partial charge in [-0.2, -0.15) is 0 Å². The van der Waals surface area contributed by atoms with Crippen molar-refractivity contribution in [2.45, 2.75) is 12.8 Å². The van der Waals surface area contributed by atoms with Crippen molar-refractivity contribution in [3.8, 4) is 5.75 Å². The number of aryl methyl sites for hydroxylation is 1. The molecule has 0 radical (unpaired) electrons. The molecular weight excluding hydrogens is 286 g/mol. The maximum atomic E-state index is 11.9. The van der Waals surface area contributed by atoms with Gasteiger partial charge in [0.2, 0.25) is 0 Å². The van der Waals surface area contributed by atoms with Crippen molar-refractivity contribution in [1.29, 1.82) is 0 Å². The van der Waals surface area contributed by atoms with E-state index in [2.05, 4.69) is 5.32 Å². The Hall–Kier alpha value is -2.00. The third kappa shape index (κ3) is 4.80. The van der Waals surface area contributed by atoms with E-state index >= 15 is 0 Å². The number of carbonyl (C=O) groups is 1. The summed E-state index contributed by atoms with van der Waals surface area (Å²) in [5.74, 6) is 1.16. The van der Waals surface area contributed by atoms with Gasteiger partial charge in [0.15, 0.2) is 0 Å². The minimum atomic E-state index is -0.107. The molecule has 2 rings (SSSR count). The summed E-state index contributed by atoms with van der Waals surface area (Å²) in [7, 11) is 0. The minimum absolute atomic E-state index is 0.107. The number of amides is 1. The molecule has 0 atom stereocenters. The van der Waals surface area contributed by atoms with Crippen LogP contribution in [0.25, 0.3) is 0 Å². The van der Waals surface area contributed by atoms with Crippen LogP contribution in [0.2, 0.25) is 0 Å². The molecule has 3 nitrogen and oxygen atoms in total. The zero-order chi connectivity index (χ0) is 15.1. The Bertz CT molecular complexity index is 596. The van der Waals surface area contributed by atoms with Crippen LogP contribution in [-0.4, -0.2) is 19.1 Å². The molecule has 0 aliphatic rings. The number of hydrogen-bond donors (Lipinski definition) is 1. The molecule has 0 heterocycles. The second-order valence-electron chi connectivity index (χ2n) is 4.75. The SMILES string of the molecule is Cc1cccc(OCCNC(=O)c2ccc(CCl)cc2)c1. The van der Waals surface area contributed by atoms with E-state index in [-0.39, 0.29) is 5.91 Å². The van der Waals surface area contributed by atoms with Crippen molar-refractivity contribution >= 4 is 17.5 Å². The Morgan fingerprint density at radius 1 is 1.19 bits per heavy atom. The zero-order valence-electron chi connectivity index (χ0n) is 11.9. The highest BCUT2D eigenvalue weighted by Gasteiger charge is 2.04. The van der Waals surface area contributed by atoms with Gasteiger partial charge in [0.05, 0.1) is 6.54 Å². The van der Waals surface area contributed by atoms with Crippen LogP contribution < -0.4 is 10.1 Å². The first-order chi connectivity index (χ1) is 10.2. The second kappa shape index (κ2) is 7.70. The predicted octanol–water partition coefficient (Wildman–Crippen LogP) is 3.54. The molecule has 0 fully saturated rings. The number of rotatable bonds is 6. The smallest absolute Gasteiger partial charge is 0.251 e. The molecule has 0 saturated heterocycles. The fourth-order valence-corrected chi connectivity index (χ4v) is 2.06. The third-order valence-corrected chi connectivity index (χ3v) is 3.32. The fraction of sp³-hybridized carbons (Fsp3) is 0.235. The van der Waals surface area contributed by atoms with E-state index in [0.717, 1.165) is 16.9 Å². The van der Waals surface area contributed by atoms with Gasteiger partial charge in [-0.1, -0.05) is 24.3 Å². The van der Waals surface area contributed by atoms with Gasteiger partial charge in [0.1, 0.15) is 12.4 Å². The van der Waals surface area contributed by atoms with Gasteiger partial charge in [0.25, 0.3) is 5.91 Å². The van der Waals surface area contributed by atoms with Gasteiger partial charge < -0.3 is 10.1 Å². The highest BCUT2D eigenvalue weighted by atomic mass is 35.5. The monoisotopic (exact) mass is 303 g/mol. The van der Waals surface area contributed by atoms with E-state index in [1.54, 1.807) is 12.1 Å². The molecule has 0 spiro atoms. The second-order valence-corrected chi connectivity index (χ2v) is 5.02. The van der Waals surface area contributed by atoms with Crippen LogP contribution in [0.1, 0.15) is 21.5 Å². The van der Waals surface area contributed by atoms with E-state index in [4.69, 9.17) is 16.3 Å². The molecule has 0 aliphatic heterocycles. The van der Waals surface area contributed by atoms with Gasteiger partial charge in [-0.15, -0.1) is 11.6 Å². The van der Waals surface area contributed by atoms with Gasteiger partial charge in [-0.3, -0.25) is 4.79 Å². The van der Waals surface area contributed by atoms with Crippen LogP contribution in [0.15, 0.2) is 48.5 Å². The Morgan fingerprint density at radius 2 is 1.95 bits per heavy atom. The Balaban J connectivity index is 1.76. The topological polar surface area (TPSA) is 38.3 Å². The van der Waals surface area contributed by atoms with E-state index < -0.39 is 0 Å². The van der Waals surface area contributed by atoms with Crippen LogP contribution in [-0.2, 0) is 5.88 Å². The summed E-state index contributed by atoms with van der Waals surface area (Å²) in [6, 6.07) is 15.1. The van der Waals surface area contributed by atoms with Gasteiger partial charge in [-0.25, -0.2) is 0 Å². The van der Waals surface area contributed by atoms with E-state index in [1.165, 1.54) is 0 Å². The van der Waals surface area contributed by atoms with Crippen molar-refractivity contribution in [3.05, 3.63) is 65.2 Å². The summed E-state index contributed by atoms with van der Waals surface area (Å²) in [4.78, 5) is 11.9. The first kappa shape index (κ1) is 15.4. The molecule has 0 saturated carbocycles. The van der Waals surface area contributed by atoms with Crippen molar-refractivity contribution in [2.75, 3.05) is 13.2 Å². The number of alkyl halides is 1. The van der Waals surface area contributed by atoms with Gasteiger partial charge in [0, 0.05) is 11.4 Å². The van der Waals surface area contributed by atoms with Crippen molar-refractivity contribution in [1.82, 2.24) is 5.32 Å². The summed E-state index contributed by atoms with van der Waals surface area (Å²) in [6.07, 6.45) is 0. The highest BCUT2D eigenvalue weighted by molar-refractivity contribution is 6.17. The average molecular weight is 304 g/mol. The molecule has 1 amide bonds. The quantitative estimate of drug-likeness (QED) is 0.655. The minimum Gasteiger partial charge on any atom is -0.492 e. The predicted molar refractivity (Wildman–Crippen MR) is 85.0 cm³/mol. The molecule has 0 bridgehead atoms. The first-order valence-electron chi connectivity index (χ1n) is 6.81. The van der Waals surface area contributed by atoms with E-state index in [1.807, 2.05) is 43.3 Å².